The molecule has 0 saturated heterocycles. The normalized spacial score (nSPS) is 21.5. The Bertz CT molecular complexity index is 415. The van der Waals surface area contributed by atoms with Crippen LogP contribution in [0.5, 0.6) is 0 Å². The van der Waals surface area contributed by atoms with E-state index >= 15 is 0 Å². The molecule has 74 valence electrons. The molecular formula is C10H9FO2S. The SMILES string of the molecule is O=C1CCCS(=O)c2cc(F)ccc21. The first kappa shape index (κ1) is 9.52. The number of carbonyl (C=O) groups excluding carboxylic acids is 1. The molecule has 2 nitrogen and oxygen atoms in total. The van der Waals surface area contributed by atoms with Gasteiger partial charge in [-0.15, -0.1) is 0 Å². The molecule has 1 atom stereocenters. The van der Waals surface area contributed by atoms with E-state index in [0.29, 0.717) is 29.1 Å². The maximum Gasteiger partial charge on any atom is 0.164 e. The number of benzene rings is 1. The molecule has 0 amide bonds. The van der Waals surface area contributed by atoms with Crippen LogP contribution in [-0.4, -0.2) is 15.7 Å². The van der Waals surface area contributed by atoms with Crippen molar-refractivity contribution in [3.63, 3.8) is 0 Å². The topological polar surface area (TPSA) is 34.1 Å². The second kappa shape index (κ2) is 3.61. The van der Waals surface area contributed by atoms with Crippen LogP contribution in [0.15, 0.2) is 23.1 Å². The average molecular weight is 212 g/mol. The lowest BCUT2D eigenvalue weighted by Crippen LogP contribution is -2.01. The lowest BCUT2D eigenvalue weighted by Gasteiger charge is -2.02. The van der Waals surface area contributed by atoms with Gasteiger partial charge in [0.15, 0.2) is 5.78 Å². The maximum atomic E-state index is 12.9. The van der Waals surface area contributed by atoms with Crippen molar-refractivity contribution < 1.29 is 13.4 Å². The molecule has 0 bridgehead atoms. The molecule has 2 rings (SSSR count). The Labute approximate surface area is 83.6 Å². The van der Waals surface area contributed by atoms with Crippen LogP contribution < -0.4 is 0 Å². The van der Waals surface area contributed by atoms with Gasteiger partial charge in [-0.3, -0.25) is 9.00 Å². The van der Waals surface area contributed by atoms with Crippen LogP contribution >= 0.6 is 0 Å². The van der Waals surface area contributed by atoms with Gasteiger partial charge in [0.2, 0.25) is 0 Å². The van der Waals surface area contributed by atoms with Crippen LogP contribution in [0.2, 0.25) is 0 Å². The number of hydrogen-bond acceptors (Lipinski definition) is 2. The number of Topliss-reactive ketones (excluding diaryl/α,β-unsaturated/α-hetero) is 1. The zero-order valence-electron chi connectivity index (χ0n) is 7.46. The minimum absolute atomic E-state index is 0.0362. The largest absolute Gasteiger partial charge is 0.294 e. The van der Waals surface area contributed by atoms with Gasteiger partial charge in [-0.1, -0.05) is 0 Å². The van der Waals surface area contributed by atoms with Crippen LogP contribution in [0.25, 0.3) is 0 Å². The van der Waals surface area contributed by atoms with Crippen molar-refractivity contribution in [3.05, 3.63) is 29.6 Å². The molecule has 1 aromatic carbocycles. The van der Waals surface area contributed by atoms with Crippen LogP contribution in [0.4, 0.5) is 4.39 Å². The Balaban J connectivity index is 2.60. The lowest BCUT2D eigenvalue weighted by atomic mass is 10.1. The summed E-state index contributed by atoms with van der Waals surface area (Å²) in [5.74, 6) is -0.0278. The molecule has 4 heteroatoms. The second-order valence-electron chi connectivity index (χ2n) is 3.22. The summed E-state index contributed by atoms with van der Waals surface area (Å²) in [5.41, 5.74) is 0.419. The molecule has 14 heavy (non-hydrogen) atoms. The number of ketones is 1. The summed E-state index contributed by atoms with van der Waals surface area (Å²) >= 11 is 0. The van der Waals surface area contributed by atoms with Gasteiger partial charge in [-0.2, -0.15) is 0 Å². The predicted molar refractivity (Wildman–Crippen MR) is 51.2 cm³/mol. The van der Waals surface area contributed by atoms with Gasteiger partial charge < -0.3 is 0 Å². The van der Waals surface area contributed by atoms with E-state index in [1.54, 1.807) is 0 Å². The van der Waals surface area contributed by atoms with Gasteiger partial charge in [0, 0.05) is 17.7 Å². The third kappa shape index (κ3) is 1.62. The summed E-state index contributed by atoms with van der Waals surface area (Å²) in [5, 5.41) is 0. The van der Waals surface area contributed by atoms with Crippen LogP contribution in [0.1, 0.15) is 23.2 Å². The van der Waals surface area contributed by atoms with E-state index in [9.17, 15) is 13.4 Å². The van der Waals surface area contributed by atoms with Crippen molar-refractivity contribution in [3.8, 4) is 0 Å². The summed E-state index contributed by atoms with van der Waals surface area (Å²) in [6.45, 7) is 0. The molecule has 0 fully saturated rings. The lowest BCUT2D eigenvalue weighted by molar-refractivity contribution is 0.0980. The summed E-state index contributed by atoms with van der Waals surface area (Å²) in [4.78, 5) is 11.9. The van der Waals surface area contributed by atoms with E-state index in [1.807, 2.05) is 0 Å². The number of halogens is 1. The molecule has 0 radical (unpaired) electrons. The Morgan fingerprint density at radius 2 is 2.14 bits per heavy atom. The van der Waals surface area contributed by atoms with Crippen LogP contribution in [-0.2, 0) is 10.8 Å². The van der Waals surface area contributed by atoms with E-state index in [-0.39, 0.29) is 5.78 Å². The highest BCUT2D eigenvalue weighted by molar-refractivity contribution is 7.85. The number of hydrogen-bond donors (Lipinski definition) is 0. The predicted octanol–water partition coefficient (Wildman–Crippen LogP) is 1.91. The van der Waals surface area contributed by atoms with E-state index < -0.39 is 16.6 Å². The highest BCUT2D eigenvalue weighted by Gasteiger charge is 2.20. The van der Waals surface area contributed by atoms with Gasteiger partial charge in [0.25, 0.3) is 0 Å². The van der Waals surface area contributed by atoms with Crippen molar-refractivity contribution in [2.75, 3.05) is 5.75 Å². The van der Waals surface area contributed by atoms with E-state index in [2.05, 4.69) is 0 Å². The maximum absolute atomic E-state index is 12.9. The first-order valence-electron chi connectivity index (χ1n) is 4.39. The van der Waals surface area contributed by atoms with Crippen molar-refractivity contribution in [1.82, 2.24) is 0 Å². The van der Waals surface area contributed by atoms with Crippen LogP contribution in [0, 0.1) is 5.82 Å². The zero-order chi connectivity index (χ0) is 10.1. The summed E-state index contributed by atoms with van der Waals surface area (Å²) in [6.07, 6.45) is 1.02. The third-order valence-electron chi connectivity index (χ3n) is 2.22. The van der Waals surface area contributed by atoms with Crippen LogP contribution in [0.3, 0.4) is 0 Å². The molecule has 1 unspecified atom stereocenters. The fourth-order valence-corrected chi connectivity index (χ4v) is 2.82. The summed E-state index contributed by atoms with van der Waals surface area (Å²) in [7, 11) is -1.22. The molecule has 0 N–H and O–H groups in total. The molecule has 1 aliphatic rings. The van der Waals surface area contributed by atoms with E-state index in [4.69, 9.17) is 0 Å². The molecule has 0 saturated carbocycles. The fraction of sp³-hybridized carbons (Fsp3) is 0.300. The molecule has 1 aromatic rings. The number of rotatable bonds is 0. The fourth-order valence-electron chi connectivity index (χ4n) is 1.52. The van der Waals surface area contributed by atoms with E-state index in [0.717, 1.165) is 0 Å². The Hall–Kier alpha value is -1.03. The van der Waals surface area contributed by atoms with Crippen molar-refractivity contribution >= 4 is 16.6 Å². The van der Waals surface area contributed by atoms with Crippen molar-refractivity contribution in [1.29, 1.82) is 0 Å². The van der Waals surface area contributed by atoms with Gasteiger partial charge in [-0.05, 0) is 24.6 Å². The van der Waals surface area contributed by atoms with Crippen molar-refractivity contribution in [2.45, 2.75) is 17.7 Å². The molecule has 0 spiro atoms. The van der Waals surface area contributed by atoms with E-state index in [1.165, 1.54) is 18.2 Å². The Kier molecular flexibility index (Phi) is 2.46. The highest BCUT2D eigenvalue weighted by Crippen LogP contribution is 2.22. The first-order chi connectivity index (χ1) is 6.68. The number of fused-ring (bicyclic) bond motifs is 1. The monoisotopic (exact) mass is 212 g/mol. The molecule has 0 aliphatic carbocycles. The molecule has 0 aromatic heterocycles. The first-order valence-corrected chi connectivity index (χ1v) is 5.71. The minimum atomic E-state index is -1.22. The third-order valence-corrected chi connectivity index (χ3v) is 3.71. The molecule has 1 aliphatic heterocycles. The Morgan fingerprint density at radius 1 is 1.36 bits per heavy atom. The highest BCUT2D eigenvalue weighted by atomic mass is 32.2. The quantitative estimate of drug-likeness (QED) is 0.658. The van der Waals surface area contributed by atoms with Gasteiger partial charge in [0.1, 0.15) is 5.82 Å². The standard InChI is InChI=1S/C10H9FO2S/c11-7-3-4-8-9(12)2-1-5-14(13)10(8)6-7/h3-4,6H,1-2,5H2. The minimum Gasteiger partial charge on any atom is -0.294 e. The molecular weight excluding hydrogens is 203 g/mol. The number of carbonyl (C=O) groups is 1. The van der Waals surface area contributed by atoms with Gasteiger partial charge in [0.05, 0.1) is 15.7 Å². The zero-order valence-corrected chi connectivity index (χ0v) is 8.27. The smallest absolute Gasteiger partial charge is 0.164 e. The Morgan fingerprint density at radius 3 is 2.93 bits per heavy atom. The van der Waals surface area contributed by atoms with Gasteiger partial charge >= 0.3 is 0 Å². The average Bonchev–Trinajstić information content (AvgIpc) is 2.28. The second-order valence-corrected chi connectivity index (χ2v) is 4.76. The summed E-state index contributed by atoms with van der Waals surface area (Å²) < 4.78 is 24.5. The molecule has 1 heterocycles. The van der Waals surface area contributed by atoms with Gasteiger partial charge in [-0.25, -0.2) is 4.39 Å². The van der Waals surface area contributed by atoms with Crippen molar-refractivity contribution in [2.24, 2.45) is 0 Å². The summed E-state index contributed by atoms with van der Waals surface area (Å²) in [6, 6.07) is 3.87.